The fraction of sp³-hybridized carbons (Fsp3) is 0.208. The number of amides is 1. The lowest BCUT2D eigenvalue weighted by Gasteiger charge is -2.31. The van der Waals surface area contributed by atoms with Gasteiger partial charge in [-0.15, -0.1) is 0 Å². The number of rotatable bonds is 3. The number of carbonyl (C=O) groups excluding carboxylic acids is 1. The molecule has 2 nitrogen and oxygen atoms in total. The van der Waals surface area contributed by atoms with Crippen molar-refractivity contribution in [2.45, 2.75) is 33.2 Å². The van der Waals surface area contributed by atoms with Gasteiger partial charge >= 0.3 is 0 Å². The third-order valence-electron chi connectivity index (χ3n) is 5.45. The molecule has 1 heterocycles. The molecule has 3 aromatic carbocycles. The molecule has 0 unspecified atom stereocenters. The molecule has 0 aromatic heterocycles. The average Bonchev–Trinajstić information content (AvgIpc) is 2.68. The zero-order chi connectivity index (χ0) is 20.7. The van der Waals surface area contributed by atoms with E-state index in [-0.39, 0.29) is 23.8 Å². The minimum atomic E-state index is -0.673. The van der Waals surface area contributed by atoms with E-state index < -0.39 is 11.6 Å². The van der Waals surface area contributed by atoms with E-state index >= 15 is 0 Å². The lowest BCUT2D eigenvalue weighted by atomic mass is 9.91. The van der Waals surface area contributed by atoms with Gasteiger partial charge in [0, 0.05) is 23.7 Å². The van der Waals surface area contributed by atoms with Crippen LogP contribution in [-0.4, -0.2) is 5.91 Å². The van der Waals surface area contributed by atoms with E-state index in [1.54, 1.807) is 17.9 Å². The van der Waals surface area contributed by atoms with Crippen molar-refractivity contribution in [2.24, 2.45) is 0 Å². The maximum Gasteiger partial charge on any atom is 0.227 e. The molecule has 0 bridgehead atoms. The molecule has 0 atom stereocenters. The molecular weight excluding hydrogens is 375 g/mol. The first-order chi connectivity index (χ1) is 13.8. The van der Waals surface area contributed by atoms with E-state index in [0.717, 1.165) is 34.0 Å². The summed E-state index contributed by atoms with van der Waals surface area (Å²) < 4.78 is 41.4. The lowest BCUT2D eigenvalue weighted by Crippen LogP contribution is -2.35. The van der Waals surface area contributed by atoms with Crippen LogP contribution in [0.1, 0.15) is 28.7 Å². The van der Waals surface area contributed by atoms with E-state index in [2.05, 4.69) is 0 Å². The molecule has 1 aliphatic rings. The number of anilines is 1. The molecular formula is C24H20F3NO. The molecule has 0 saturated heterocycles. The van der Waals surface area contributed by atoms with Crippen molar-refractivity contribution in [3.8, 4) is 11.1 Å². The van der Waals surface area contributed by atoms with E-state index in [1.807, 2.05) is 25.1 Å². The molecule has 29 heavy (non-hydrogen) atoms. The highest BCUT2D eigenvalue weighted by Crippen LogP contribution is 2.36. The van der Waals surface area contributed by atoms with Gasteiger partial charge in [-0.05, 0) is 72.4 Å². The van der Waals surface area contributed by atoms with Crippen LogP contribution in [0.25, 0.3) is 11.1 Å². The van der Waals surface area contributed by atoms with E-state index in [1.165, 1.54) is 18.2 Å². The predicted molar refractivity (Wildman–Crippen MR) is 107 cm³/mol. The third kappa shape index (κ3) is 3.65. The molecule has 0 spiro atoms. The minimum absolute atomic E-state index is 0.0376. The Bertz CT molecular complexity index is 1120. The van der Waals surface area contributed by atoms with Crippen LogP contribution in [0.2, 0.25) is 0 Å². The number of carbonyl (C=O) groups is 1. The highest BCUT2D eigenvalue weighted by molar-refractivity contribution is 5.97. The van der Waals surface area contributed by atoms with Gasteiger partial charge < -0.3 is 4.90 Å². The second-order valence-corrected chi connectivity index (χ2v) is 7.48. The van der Waals surface area contributed by atoms with Gasteiger partial charge in [0.15, 0.2) is 0 Å². The van der Waals surface area contributed by atoms with Crippen LogP contribution in [-0.2, 0) is 17.8 Å². The zero-order valence-corrected chi connectivity index (χ0v) is 16.2. The first-order valence-electron chi connectivity index (χ1n) is 9.48. The number of fused-ring (bicyclic) bond motifs is 1. The standard InChI is InChI=1S/C24H20F3NO/c1-14-3-4-16(11-21(14)26)20-10-17-6-8-24(29)28(23(17)9-15(20)2)13-18-5-7-19(25)12-22(18)27/h3-5,7,9-12H,6,8,13H2,1-2H3. The Balaban J connectivity index is 1.74. The van der Waals surface area contributed by atoms with Gasteiger partial charge in [0.05, 0.1) is 6.54 Å². The molecule has 0 N–H and O–H groups in total. The van der Waals surface area contributed by atoms with Gasteiger partial charge in [0.1, 0.15) is 17.5 Å². The Morgan fingerprint density at radius 2 is 1.66 bits per heavy atom. The maximum atomic E-state index is 14.1. The van der Waals surface area contributed by atoms with E-state index in [9.17, 15) is 18.0 Å². The van der Waals surface area contributed by atoms with Gasteiger partial charge in [0.2, 0.25) is 5.91 Å². The molecule has 1 amide bonds. The summed E-state index contributed by atoms with van der Waals surface area (Å²) in [7, 11) is 0. The van der Waals surface area contributed by atoms with E-state index in [4.69, 9.17) is 0 Å². The van der Waals surface area contributed by atoms with Crippen molar-refractivity contribution in [3.05, 3.63) is 88.2 Å². The summed E-state index contributed by atoms with van der Waals surface area (Å²) in [4.78, 5) is 14.1. The van der Waals surface area contributed by atoms with Gasteiger partial charge in [-0.2, -0.15) is 0 Å². The minimum Gasteiger partial charge on any atom is -0.308 e. The number of benzene rings is 3. The fourth-order valence-electron chi connectivity index (χ4n) is 3.76. The van der Waals surface area contributed by atoms with Gasteiger partial charge in [-0.25, -0.2) is 13.2 Å². The number of nitrogens with zero attached hydrogens (tertiary/aromatic N) is 1. The van der Waals surface area contributed by atoms with Crippen molar-refractivity contribution in [2.75, 3.05) is 4.90 Å². The normalized spacial score (nSPS) is 13.6. The monoisotopic (exact) mass is 395 g/mol. The van der Waals surface area contributed by atoms with Crippen LogP contribution in [0, 0.1) is 31.3 Å². The average molecular weight is 395 g/mol. The number of hydrogen-bond acceptors (Lipinski definition) is 1. The lowest BCUT2D eigenvalue weighted by molar-refractivity contribution is -0.119. The number of aryl methyl sites for hydroxylation is 3. The summed E-state index contributed by atoms with van der Waals surface area (Å²) in [6.07, 6.45) is 0.874. The van der Waals surface area contributed by atoms with Crippen molar-refractivity contribution in [1.29, 1.82) is 0 Å². The van der Waals surface area contributed by atoms with Crippen LogP contribution >= 0.6 is 0 Å². The topological polar surface area (TPSA) is 20.3 Å². The Kier molecular flexibility index (Phi) is 4.91. The number of hydrogen-bond donors (Lipinski definition) is 0. The molecule has 0 fully saturated rings. The van der Waals surface area contributed by atoms with Gasteiger partial charge in [-0.1, -0.05) is 18.2 Å². The molecule has 0 aliphatic carbocycles. The van der Waals surface area contributed by atoms with Gasteiger partial charge in [0.25, 0.3) is 0 Å². The number of halogens is 3. The maximum absolute atomic E-state index is 14.1. The molecule has 0 saturated carbocycles. The fourth-order valence-corrected chi connectivity index (χ4v) is 3.76. The molecule has 1 aliphatic heterocycles. The Hall–Kier alpha value is -3.08. The van der Waals surface area contributed by atoms with E-state index in [0.29, 0.717) is 18.4 Å². The SMILES string of the molecule is Cc1ccc(-c2cc3c(cc2C)N(Cc2ccc(F)cc2F)C(=O)CC3)cc1F. The van der Waals surface area contributed by atoms with Crippen LogP contribution in [0.15, 0.2) is 48.5 Å². The van der Waals surface area contributed by atoms with Crippen LogP contribution in [0.5, 0.6) is 0 Å². The molecule has 4 rings (SSSR count). The molecule has 148 valence electrons. The Labute approximate surface area is 167 Å². The van der Waals surface area contributed by atoms with Crippen LogP contribution in [0.4, 0.5) is 18.9 Å². The molecule has 0 radical (unpaired) electrons. The van der Waals surface area contributed by atoms with Crippen molar-refractivity contribution < 1.29 is 18.0 Å². The van der Waals surface area contributed by atoms with Gasteiger partial charge in [-0.3, -0.25) is 4.79 Å². The largest absolute Gasteiger partial charge is 0.308 e. The zero-order valence-electron chi connectivity index (χ0n) is 16.2. The summed E-state index contributed by atoms with van der Waals surface area (Å²) in [6.45, 7) is 3.66. The first kappa shape index (κ1) is 19.2. The summed E-state index contributed by atoms with van der Waals surface area (Å²) in [5.41, 5.74) is 5.10. The summed E-state index contributed by atoms with van der Waals surface area (Å²) in [6, 6.07) is 12.4. The summed E-state index contributed by atoms with van der Waals surface area (Å²) >= 11 is 0. The summed E-state index contributed by atoms with van der Waals surface area (Å²) in [5.74, 6) is -1.69. The third-order valence-corrected chi connectivity index (χ3v) is 5.45. The molecule has 5 heteroatoms. The second kappa shape index (κ2) is 7.39. The first-order valence-corrected chi connectivity index (χ1v) is 9.48. The Morgan fingerprint density at radius 1 is 0.862 bits per heavy atom. The quantitative estimate of drug-likeness (QED) is 0.543. The Morgan fingerprint density at radius 3 is 2.38 bits per heavy atom. The van der Waals surface area contributed by atoms with Crippen LogP contribution < -0.4 is 4.90 Å². The second-order valence-electron chi connectivity index (χ2n) is 7.48. The smallest absolute Gasteiger partial charge is 0.227 e. The summed E-state index contributed by atoms with van der Waals surface area (Å²) in [5, 5.41) is 0. The highest BCUT2D eigenvalue weighted by Gasteiger charge is 2.26. The highest BCUT2D eigenvalue weighted by atomic mass is 19.1. The molecule has 3 aromatic rings. The van der Waals surface area contributed by atoms with Crippen molar-refractivity contribution >= 4 is 11.6 Å². The van der Waals surface area contributed by atoms with Crippen molar-refractivity contribution in [1.82, 2.24) is 0 Å². The van der Waals surface area contributed by atoms with Crippen LogP contribution in [0.3, 0.4) is 0 Å². The predicted octanol–water partition coefficient (Wildman–Crippen LogP) is 5.87. The van der Waals surface area contributed by atoms with Crippen molar-refractivity contribution in [3.63, 3.8) is 0 Å².